The van der Waals surface area contributed by atoms with Gasteiger partial charge in [-0.3, -0.25) is 10.1 Å². The molecule has 0 saturated carbocycles. The predicted octanol–water partition coefficient (Wildman–Crippen LogP) is 3.35. The summed E-state index contributed by atoms with van der Waals surface area (Å²) in [5.41, 5.74) is 1.33. The molecule has 0 atom stereocenters. The Morgan fingerprint density at radius 2 is 1.77 bits per heavy atom. The summed E-state index contributed by atoms with van der Waals surface area (Å²) >= 11 is 0. The molecule has 1 fully saturated rings. The quantitative estimate of drug-likeness (QED) is 0.488. The lowest BCUT2D eigenvalue weighted by Crippen LogP contribution is -2.47. The first kappa shape index (κ1) is 19.1. The molecule has 1 aromatic heterocycles. The van der Waals surface area contributed by atoms with Crippen LogP contribution < -0.4 is 9.80 Å². The number of nitrogens with zero attached hydrogens (tertiary/aromatic N) is 6. The molecule has 2 heterocycles. The van der Waals surface area contributed by atoms with Gasteiger partial charge in [0.15, 0.2) is 0 Å². The molecule has 8 nitrogen and oxygen atoms in total. The molecule has 4 rings (SSSR count). The van der Waals surface area contributed by atoms with Gasteiger partial charge < -0.3 is 9.80 Å². The van der Waals surface area contributed by atoms with Gasteiger partial charge in [-0.15, -0.1) is 0 Å². The SMILES string of the molecule is N#Cc1c(F)cccc1N1CCN(c2cc(C#N)c3cc([N+](=O)[O-])ccc3n2)CC1. The van der Waals surface area contributed by atoms with Crippen molar-refractivity contribution in [1.82, 2.24) is 4.98 Å². The van der Waals surface area contributed by atoms with Crippen molar-refractivity contribution in [2.24, 2.45) is 0 Å². The molecule has 0 N–H and O–H groups in total. The van der Waals surface area contributed by atoms with E-state index in [1.54, 1.807) is 24.3 Å². The van der Waals surface area contributed by atoms with Crippen LogP contribution in [0.3, 0.4) is 0 Å². The molecule has 148 valence electrons. The number of fused-ring (bicyclic) bond motifs is 1. The third-order valence-electron chi connectivity index (χ3n) is 5.16. The van der Waals surface area contributed by atoms with Crippen LogP contribution in [0.15, 0.2) is 42.5 Å². The molecule has 0 aliphatic carbocycles. The van der Waals surface area contributed by atoms with Gasteiger partial charge in [0.2, 0.25) is 0 Å². The molecule has 30 heavy (non-hydrogen) atoms. The molecule has 9 heteroatoms. The second-order valence-electron chi connectivity index (χ2n) is 6.82. The topological polar surface area (TPSA) is 110 Å². The fourth-order valence-electron chi connectivity index (χ4n) is 3.63. The molecule has 0 radical (unpaired) electrons. The summed E-state index contributed by atoms with van der Waals surface area (Å²) in [5, 5.41) is 30.2. The molecular weight excluding hydrogens is 387 g/mol. The Kier molecular flexibility index (Phi) is 4.87. The minimum Gasteiger partial charge on any atom is -0.367 e. The van der Waals surface area contributed by atoms with Gasteiger partial charge in [0, 0.05) is 43.7 Å². The summed E-state index contributed by atoms with van der Waals surface area (Å²) in [5.74, 6) is 0.0636. The Labute approximate surface area is 171 Å². The van der Waals surface area contributed by atoms with Crippen molar-refractivity contribution in [2.45, 2.75) is 0 Å². The Balaban J connectivity index is 1.60. The highest BCUT2D eigenvalue weighted by Gasteiger charge is 2.22. The highest BCUT2D eigenvalue weighted by atomic mass is 19.1. The third-order valence-corrected chi connectivity index (χ3v) is 5.16. The van der Waals surface area contributed by atoms with Gasteiger partial charge in [-0.25, -0.2) is 9.37 Å². The van der Waals surface area contributed by atoms with Gasteiger partial charge in [-0.2, -0.15) is 10.5 Å². The van der Waals surface area contributed by atoms with E-state index >= 15 is 0 Å². The molecular formula is C21H15FN6O2. The second-order valence-corrected chi connectivity index (χ2v) is 6.82. The standard InChI is InChI=1S/C21H15FN6O2/c22-18-2-1-3-20(17(18)13-24)26-6-8-27(9-7-26)21-10-14(12-23)16-11-15(28(29)30)4-5-19(16)25-21/h1-5,10-11H,6-9H2. The summed E-state index contributed by atoms with van der Waals surface area (Å²) in [6.45, 7) is 2.25. The summed E-state index contributed by atoms with van der Waals surface area (Å²) in [6, 6.07) is 14.5. The van der Waals surface area contributed by atoms with E-state index in [9.17, 15) is 25.0 Å². The maximum Gasteiger partial charge on any atom is 0.270 e. The number of nitro benzene ring substituents is 1. The van der Waals surface area contributed by atoms with Gasteiger partial charge in [0.1, 0.15) is 23.3 Å². The molecule has 1 aliphatic heterocycles. The first-order chi connectivity index (χ1) is 14.5. The van der Waals surface area contributed by atoms with Gasteiger partial charge in [0.05, 0.1) is 27.8 Å². The molecule has 3 aromatic rings. The Morgan fingerprint density at radius 3 is 2.43 bits per heavy atom. The Hall–Kier alpha value is -4.24. The number of nitro groups is 1. The Morgan fingerprint density at radius 1 is 1.03 bits per heavy atom. The number of rotatable bonds is 3. The lowest BCUT2D eigenvalue weighted by Gasteiger charge is -2.37. The van der Waals surface area contributed by atoms with Crippen LogP contribution in [0, 0.1) is 38.6 Å². The zero-order valence-corrected chi connectivity index (χ0v) is 15.7. The van der Waals surface area contributed by atoms with Gasteiger partial charge in [0.25, 0.3) is 5.69 Å². The molecule has 0 amide bonds. The maximum atomic E-state index is 13.9. The summed E-state index contributed by atoms with van der Waals surface area (Å²) in [7, 11) is 0. The lowest BCUT2D eigenvalue weighted by molar-refractivity contribution is -0.384. The van der Waals surface area contributed by atoms with Gasteiger partial charge >= 0.3 is 0 Å². The van der Waals surface area contributed by atoms with Crippen LogP contribution in [-0.2, 0) is 0 Å². The summed E-state index contributed by atoms with van der Waals surface area (Å²) < 4.78 is 13.9. The van der Waals surface area contributed by atoms with Crippen LogP contribution in [0.4, 0.5) is 21.6 Å². The van der Waals surface area contributed by atoms with E-state index < -0.39 is 10.7 Å². The number of aromatic nitrogens is 1. The van der Waals surface area contributed by atoms with Crippen molar-refractivity contribution in [3.8, 4) is 12.1 Å². The smallest absolute Gasteiger partial charge is 0.270 e. The minimum absolute atomic E-state index is 0.0307. The number of piperazine rings is 1. The minimum atomic E-state index is -0.540. The average Bonchev–Trinajstić information content (AvgIpc) is 2.77. The van der Waals surface area contributed by atoms with Crippen LogP contribution in [0.1, 0.15) is 11.1 Å². The summed E-state index contributed by atoms with van der Waals surface area (Å²) in [4.78, 5) is 19.0. The molecule has 0 bridgehead atoms. The normalized spacial score (nSPS) is 13.7. The number of nitriles is 2. The van der Waals surface area contributed by atoms with E-state index in [0.29, 0.717) is 54.2 Å². The van der Waals surface area contributed by atoms with Crippen molar-refractivity contribution < 1.29 is 9.31 Å². The monoisotopic (exact) mass is 402 g/mol. The van der Waals surface area contributed by atoms with Crippen molar-refractivity contribution in [2.75, 3.05) is 36.0 Å². The maximum absolute atomic E-state index is 13.9. The van der Waals surface area contributed by atoms with Crippen LogP contribution >= 0.6 is 0 Å². The molecule has 0 spiro atoms. The van der Waals surface area contributed by atoms with Crippen molar-refractivity contribution in [3.63, 3.8) is 0 Å². The van der Waals surface area contributed by atoms with E-state index in [0.717, 1.165) is 0 Å². The zero-order chi connectivity index (χ0) is 21.3. The average molecular weight is 402 g/mol. The largest absolute Gasteiger partial charge is 0.367 e. The molecule has 1 saturated heterocycles. The number of hydrogen-bond acceptors (Lipinski definition) is 7. The van der Waals surface area contributed by atoms with Crippen molar-refractivity contribution >= 4 is 28.1 Å². The highest BCUT2D eigenvalue weighted by molar-refractivity contribution is 5.88. The predicted molar refractivity (Wildman–Crippen MR) is 109 cm³/mol. The second kappa shape index (κ2) is 7.64. The first-order valence-electron chi connectivity index (χ1n) is 9.19. The first-order valence-corrected chi connectivity index (χ1v) is 9.19. The number of anilines is 2. The number of benzene rings is 2. The number of pyridine rings is 1. The van der Waals surface area contributed by atoms with Crippen LogP contribution in [0.5, 0.6) is 0 Å². The third kappa shape index (κ3) is 3.33. The fraction of sp³-hybridized carbons (Fsp3) is 0.190. The van der Waals surface area contributed by atoms with Crippen LogP contribution in [0.2, 0.25) is 0 Å². The Bertz CT molecular complexity index is 1240. The number of hydrogen-bond donors (Lipinski definition) is 0. The molecule has 1 aliphatic rings. The zero-order valence-electron chi connectivity index (χ0n) is 15.7. The molecule has 2 aromatic carbocycles. The van der Waals surface area contributed by atoms with Gasteiger partial charge in [-0.1, -0.05) is 6.07 Å². The van der Waals surface area contributed by atoms with Crippen molar-refractivity contribution in [3.05, 3.63) is 69.5 Å². The van der Waals surface area contributed by atoms with Crippen LogP contribution in [0.25, 0.3) is 10.9 Å². The van der Waals surface area contributed by atoms with E-state index in [-0.39, 0.29) is 11.3 Å². The fourth-order valence-corrected chi connectivity index (χ4v) is 3.63. The number of non-ortho nitro benzene ring substituents is 1. The number of halogens is 1. The van der Waals surface area contributed by atoms with Gasteiger partial charge in [-0.05, 0) is 24.3 Å². The summed E-state index contributed by atoms with van der Waals surface area (Å²) in [6.07, 6.45) is 0. The molecule has 0 unspecified atom stereocenters. The van der Waals surface area contributed by atoms with Crippen molar-refractivity contribution in [1.29, 1.82) is 10.5 Å². The van der Waals surface area contributed by atoms with E-state index in [1.165, 1.54) is 18.2 Å². The van der Waals surface area contributed by atoms with E-state index in [4.69, 9.17) is 0 Å². The van der Waals surface area contributed by atoms with E-state index in [2.05, 4.69) is 11.1 Å². The van der Waals surface area contributed by atoms with E-state index in [1.807, 2.05) is 15.9 Å². The highest BCUT2D eigenvalue weighted by Crippen LogP contribution is 2.28. The lowest BCUT2D eigenvalue weighted by atomic mass is 10.1. The van der Waals surface area contributed by atoms with Crippen LogP contribution in [-0.4, -0.2) is 36.1 Å².